The summed E-state index contributed by atoms with van der Waals surface area (Å²) < 4.78 is 23.6. The summed E-state index contributed by atoms with van der Waals surface area (Å²) in [5.41, 5.74) is 2.43. The highest BCUT2D eigenvalue weighted by atomic mass is 16.6. The third kappa shape index (κ3) is 1.69. The average Bonchev–Trinajstić information content (AvgIpc) is 3.37. The van der Waals surface area contributed by atoms with Crippen LogP contribution in [0.3, 0.4) is 0 Å². The summed E-state index contributed by atoms with van der Waals surface area (Å²) in [7, 11) is 6.90. The molecule has 1 spiro atoms. The Morgan fingerprint density at radius 3 is 2.63 bits per heavy atom. The van der Waals surface area contributed by atoms with Gasteiger partial charge in [0, 0.05) is 31.8 Å². The Labute approximate surface area is 176 Å². The van der Waals surface area contributed by atoms with E-state index in [2.05, 4.69) is 35.9 Å². The van der Waals surface area contributed by atoms with Gasteiger partial charge in [0.05, 0.1) is 38.7 Å². The molecule has 0 amide bonds. The number of likely N-dealkylation sites (N-methyl/N-ethyl adjacent to an activating group) is 1. The zero-order valence-electron chi connectivity index (χ0n) is 18.1. The van der Waals surface area contributed by atoms with E-state index in [1.54, 1.807) is 14.2 Å². The number of esters is 1. The molecule has 1 aliphatic carbocycles. The number of anilines is 1. The molecule has 4 bridgehead atoms. The molecule has 4 aliphatic heterocycles. The fourth-order valence-electron chi connectivity index (χ4n) is 7.58. The van der Waals surface area contributed by atoms with Crippen LogP contribution < -0.4 is 14.4 Å². The molecule has 30 heavy (non-hydrogen) atoms. The first-order valence-corrected chi connectivity index (χ1v) is 10.6. The largest absolute Gasteiger partial charge is 0.493 e. The summed E-state index contributed by atoms with van der Waals surface area (Å²) in [6.45, 7) is 2.94. The summed E-state index contributed by atoms with van der Waals surface area (Å²) in [4.78, 5) is 18.2. The van der Waals surface area contributed by atoms with Crippen LogP contribution in [0.4, 0.5) is 5.69 Å². The molecule has 1 aromatic rings. The number of allylic oxidation sites excluding steroid dienone is 1. The van der Waals surface area contributed by atoms with E-state index in [1.165, 1.54) is 12.7 Å². The van der Waals surface area contributed by atoms with Gasteiger partial charge in [-0.3, -0.25) is 9.69 Å². The van der Waals surface area contributed by atoms with Gasteiger partial charge in [0.2, 0.25) is 0 Å². The van der Waals surface area contributed by atoms with Gasteiger partial charge in [-0.2, -0.15) is 0 Å². The molecule has 0 radical (unpaired) electrons. The maximum absolute atomic E-state index is 13.4. The molecule has 7 nitrogen and oxygen atoms in total. The fourth-order valence-corrected chi connectivity index (χ4v) is 7.58. The van der Waals surface area contributed by atoms with E-state index in [-0.39, 0.29) is 30.1 Å². The topological polar surface area (TPSA) is 60.5 Å². The van der Waals surface area contributed by atoms with Crippen LogP contribution in [0, 0.1) is 11.8 Å². The monoisotopic (exact) mass is 412 g/mol. The minimum atomic E-state index is -0.577. The van der Waals surface area contributed by atoms with E-state index in [0.717, 1.165) is 30.6 Å². The highest BCUT2D eigenvalue weighted by Gasteiger charge is 2.83. The molecular formula is C23H28N2O5. The van der Waals surface area contributed by atoms with Gasteiger partial charge in [0.1, 0.15) is 6.23 Å². The van der Waals surface area contributed by atoms with Crippen LogP contribution in [-0.2, 0) is 19.7 Å². The minimum Gasteiger partial charge on any atom is -0.493 e. The lowest BCUT2D eigenvalue weighted by Crippen LogP contribution is -2.75. The van der Waals surface area contributed by atoms with E-state index in [0.29, 0.717) is 11.5 Å². The van der Waals surface area contributed by atoms with Gasteiger partial charge < -0.3 is 23.8 Å². The van der Waals surface area contributed by atoms with Crippen LogP contribution in [0.1, 0.15) is 25.3 Å². The number of hydrogen-bond acceptors (Lipinski definition) is 7. The van der Waals surface area contributed by atoms with Crippen LogP contribution in [0.2, 0.25) is 0 Å². The van der Waals surface area contributed by atoms with Crippen LogP contribution in [-0.4, -0.2) is 63.8 Å². The van der Waals surface area contributed by atoms with Gasteiger partial charge in [-0.1, -0.05) is 11.6 Å². The van der Waals surface area contributed by atoms with Crippen molar-refractivity contribution in [1.82, 2.24) is 4.90 Å². The van der Waals surface area contributed by atoms with Gasteiger partial charge in [0.25, 0.3) is 0 Å². The van der Waals surface area contributed by atoms with Crippen molar-refractivity contribution in [2.24, 2.45) is 11.8 Å². The normalized spacial score (nSPS) is 41.2. The van der Waals surface area contributed by atoms with Gasteiger partial charge in [-0.15, -0.1) is 0 Å². The Kier molecular flexibility index (Phi) is 3.52. The van der Waals surface area contributed by atoms with E-state index in [9.17, 15) is 4.79 Å². The van der Waals surface area contributed by atoms with Crippen molar-refractivity contribution in [3.05, 3.63) is 29.3 Å². The Morgan fingerprint density at radius 2 is 1.97 bits per heavy atom. The molecule has 160 valence electrons. The fraction of sp³-hybridized carbons (Fsp3) is 0.609. The molecule has 1 saturated carbocycles. The van der Waals surface area contributed by atoms with Crippen molar-refractivity contribution in [2.45, 2.75) is 43.2 Å². The van der Waals surface area contributed by atoms with Gasteiger partial charge in [-0.05, 0) is 30.9 Å². The van der Waals surface area contributed by atoms with E-state index in [1.807, 2.05) is 6.07 Å². The number of fused-ring (bicyclic) bond motifs is 4. The lowest BCUT2D eigenvalue weighted by molar-refractivity contribution is -0.162. The molecule has 4 heterocycles. The molecule has 0 N–H and O–H groups in total. The lowest BCUT2D eigenvalue weighted by Gasteiger charge is -2.61. The number of carbonyl (C=O) groups is 1. The first-order chi connectivity index (χ1) is 14.5. The maximum Gasteiger partial charge on any atom is 0.310 e. The number of hydrogen-bond donors (Lipinski definition) is 0. The van der Waals surface area contributed by atoms with Crippen molar-refractivity contribution in [3.8, 4) is 11.5 Å². The number of nitrogens with zero attached hydrogens (tertiary/aromatic N) is 2. The summed E-state index contributed by atoms with van der Waals surface area (Å²) >= 11 is 0. The molecule has 6 atom stereocenters. The molecule has 4 fully saturated rings. The van der Waals surface area contributed by atoms with Crippen LogP contribution >= 0.6 is 0 Å². The SMILES string of the molecule is C/C=C1/CN2[C@H]3C[C@H]1C(C(=O)OC)C14C[C@H]2OC31N(C)c1cc(OC)c(OC)cc14. The van der Waals surface area contributed by atoms with Crippen molar-refractivity contribution in [3.63, 3.8) is 0 Å². The highest BCUT2D eigenvalue weighted by Crippen LogP contribution is 2.74. The van der Waals surface area contributed by atoms with E-state index >= 15 is 0 Å². The van der Waals surface area contributed by atoms with Crippen LogP contribution in [0.15, 0.2) is 23.8 Å². The molecule has 1 aromatic carbocycles. The number of piperidine rings is 2. The van der Waals surface area contributed by atoms with Gasteiger partial charge >= 0.3 is 5.97 Å². The molecule has 6 rings (SSSR count). The number of carbonyl (C=O) groups excluding carboxylic acids is 1. The molecular weight excluding hydrogens is 384 g/mol. The molecule has 0 aromatic heterocycles. The van der Waals surface area contributed by atoms with Crippen molar-refractivity contribution in [2.75, 3.05) is 39.8 Å². The Morgan fingerprint density at radius 1 is 1.23 bits per heavy atom. The second kappa shape index (κ2) is 5.71. The second-order valence-corrected chi connectivity index (χ2v) is 9.12. The summed E-state index contributed by atoms with van der Waals surface area (Å²) in [5.74, 6) is 1.09. The predicted octanol–water partition coefficient (Wildman–Crippen LogP) is 2.29. The number of benzene rings is 1. The third-order valence-corrected chi connectivity index (χ3v) is 8.59. The second-order valence-electron chi connectivity index (χ2n) is 9.12. The zero-order valence-corrected chi connectivity index (χ0v) is 18.1. The highest BCUT2D eigenvalue weighted by molar-refractivity contribution is 5.83. The smallest absolute Gasteiger partial charge is 0.310 e. The third-order valence-electron chi connectivity index (χ3n) is 8.59. The Hall–Kier alpha value is -2.25. The molecule has 5 aliphatic rings. The van der Waals surface area contributed by atoms with Gasteiger partial charge in [0.15, 0.2) is 17.2 Å². The number of methoxy groups -OCH3 is 3. The Bertz CT molecular complexity index is 992. The van der Waals surface area contributed by atoms with E-state index < -0.39 is 11.1 Å². The molecule has 7 heteroatoms. The zero-order chi connectivity index (χ0) is 21.0. The maximum atomic E-state index is 13.4. The van der Waals surface area contributed by atoms with Crippen molar-refractivity contribution < 1.29 is 23.7 Å². The van der Waals surface area contributed by atoms with Crippen molar-refractivity contribution >= 4 is 11.7 Å². The summed E-state index contributed by atoms with van der Waals surface area (Å²) in [6.07, 6.45) is 3.88. The number of rotatable bonds is 3. The van der Waals surface area contributed by atoms with Crippen LogP contribution in [0.5, 0.6) is 11.5 Å². The average molecular weight is 412 g/mol. The van der Waals surface area contributed by atoms with E-state index in [4.69, 9.17) is 18.9 Å². The summed E-state index contributed by atoms with van der Waals surface area (Å²) in [6, 6.07) is 4.34. The van der Waals surface area contributed by atoms with Crippen molar-refractivity contribution in [1.29, 1.82) is 0 Å². The molecule has 3 unspecified atom stereocenters. The quantitative estimate of drug-likeness (QED) is 0.558. The first-order valence-electron chi connectivity index (χ1n) is 10.6. The first kappa shape index (κ1) is 18.5. The van der Waals surface area contributed by atoms with Gasteiger partial charge in [-0.25, -0.2) is 0 Å². The standard InChI is InChI=1S/C23H28N2O5/c1-6-12-11-25-18-7-13(12)20(21(26)29-5)22-10-19(25)30-23(18,22)24(2)15-9-17(28-4)16(27-3)8-14(15)22/h6,8-9,13,18-20H,7,10-11H2,1-5H3/b12-6-/t13-,18+,19-,20?,22?,23?/m1/s1. The van der Waals surface area contributed by atoms with Crippen LogP contribution in [0.25, 0.3) is 0 Å². The minimum absolute atomic E-state index is 0.00190. The Balaban J connectivity index is 1.67. The summed E-state index contributed by atoms with van der Waals surface area (Å²) in [5, 5.41) is 0. The predicted molar refractivity (Wildman–Crippen MR) is 110 cm³/mol. The lowest BCUT2D eigenvalue weighted by atomic mass is 9.49. The number of ether oxygens (including phenoxy) is 4. The molecule has 3 saturated heterocycles.